The molecule has 1 aliphatic heterocycles. The van der Waals surface area contributed by atoms with Crippen molar-refractivity contribution in [2.24, 2.45) is 13.0 Å². The minimum atomic E-state index is -2.44. The second kappa shape index (κ2) is 24.9. The fourth-order valence-electron chi connectivity index (χ4n) is 8.91. The number of aliphatic hydroxyl groups excluding tert-OH is 1. The number of ether oxygens (including phenoxy) is 1. The number of imidazole rings is 1. The first kappa shape index (κ1) is 57.1. The fraction of sp³-hybridized carbons (Fsp3) is 0.473. The van der Waals surface area contributed by atoms with Crippen molar-refractivity contribution in [2.75, 3.05) is 40.8 Å². The van der Waals surface area contributed by atoms with E-state index in [0.717, 1.165) is 33.9 Å². The number of carbonyl (C=O) groups is 3. The molecule has 6 rings (SSSR count). The lowest BCUT2D eigenvalue weighted by Crippen LogP contribution is -2.65. The van der Waals surface area contributed by atoms with E-state index in [1.54, 1.807) is 54.2 Å². The van der Waals surface area contributed by atoms with E-state index in [2.05, 4.69) is 59.4 Å². The van der Waals surface area contributed by atoms with E-state index in [9.17, 15) is 19.8 Å². The van der Waals surface area contributed by atoms with Crippen LogP contribution in [0.1, 0.15) is 69.5 Å². The Bertz CT molecular complexity index is 2630. The first-order chi connectivity index (χ1) is 34.4. The number of hydrogen-bond donors (Lipinski definition) is 4. The van der Waals surface area contributed by atoms with Crippen molar-refractivity contribution in [2.45, 2.75) is 115 Å². The van der Waals surface area contributed by atoms with E-state index in [4.69, 9.17) is 32.4 Å². The lowest BCUT2D eigenvalue weighted by atomic mass is 9.80. The highest BCUT2D eigenvalue weighted by Gasteiger charge is 2.46. The molecule has 18 heteroatoms. The Morgan fingerprint density at radius 3 is 2.26 bits per heavy atom. The van der Waals surface area contributed by atoms with Crippen LogP contribution in [-0.4, -0.2) is 130 Å². The van der Waals surface area contributed by atoms with Crippen LogP contribution in [0.15, 0.2) is 97.3 Å². The standard InChI is InChI=1S/C55H74Cl2N8O7Si/c1-37(58-31-40-19-22-43(57)29-48(40)72-44-23-24-45(59-32-44)47-33-60-49(63(47)7)34-62(5)6)51(68)61-46(35-71-73(9,10)54(2,3)4)53(70)64(8)55(30-39-17-20-42(56)21-18-39)25-14-26-65(36-55)52(69)41(28-50(66)67)27-38-15-12-11-13-16-38/h11-13,15-24,29,32-33,37,41,46,50,58,66-67H,14,25-28,30-31,34-36H2,1-10H3,(H,61,68)/t37-,41+,46-,55+/m0/s1. The molecule has 73 heavy (non-hydrogen) atoms. The van der Waals surface area contributed by atoms with E-state index in [-0.39, 0.29) is 43.0 Å². The molecule has 0 radical (unpaired) electrons. The molecule has 0 unspecified atom stereocenters. The van der Waals surface area contributed by atoms with Crippen LogP contribution in [0.5, 0.6) is 11.5 Å². The lowest BCUT2D eigenvalue weighted by Gasteiger charge is -2.50. The first-order valence-corrected chi connectivity index (χ1v) is 28.6. The number of aliphatic hydroxyl groups is 2. The van der Waals surface area contributed by atoms with Gasteiger partial charge in [0.1, 0.15) is 23.4 Å². The highest BCUT2D eigenvalue weighted by atomic mass is 35.5. The van der Waals surface area contributed by atoms with E-state index in [1.165, 1.54) is 0 Å². The van der Waals surface area contributed by atoms with Gasteiger partial charge in [0.05, 0.1) is 48.5 Å². The quantitative estimate of drug-likeness (QED) is 0.0388. The molecular weight excluding hydrogens is 984 g/mol. The second-order valence-electron chi connectivity index (χ2n) is 21.2. The molecular formula is C55H74Cl2N8O7Si. The molecule has 15 nitrogen and oxygen atoms in total. The topological polar surface area (TPSA) is 175 Å². The minimum absolute atomic E-state index is 0.0643. The number of nitrogens with zero attached hydrogens (tertiary/aromatic N) is 6. The molecule has 3 aromatic carbocycles. The van der Waals surface area contributed by atoms with Crippen LogP contribution in [0.3, 0.4) is 0 Å². The molecule has 0 bridgehead atoms. The van der Waals surface area contributed by atoms with Crippen LogP contribution in [0.4, 0.5) is 0 Å². The zero-order valence-corrected chi connectivity index (χ0v) is 46.5. The molecule has 394 valence electrons. The molecule has 3 amide bonds. The van der Waals surface area contributed by atoms with Crippen LogP contribution in [0.25, 0.3) is 11.4 Å². The summed E-state index contributed by atoms with van der Waals surface area (Å²) in [5.74, 6) is 0.190. The number of amides is 3. The van der Waals surface area contributed by atoms with Crippen LogP contribution in [-0.2, 0) is 51.8 Å². The van der Waals surface area contributed by atoms with Gasteiger partial charge in [0.15, 0.2) is 14.6 Å². The summed E-state index contributed by atoms with van der Waals surface area (Å²) in [6, 6.07) is 24.1. The van der Waals surface area contributed by atoms with Crippen molar-refractivity contribution in [3.05, 3.63) is 130 Å². The molecule has 0 aliphatic carbocycles. The summed E-state index contributed by atoms with van der Waals surface area (Å²) in [5.41, 5.74) is 3.25. The average molecular weight is 1060 g/mol. The number of piperidine rings is 1. The smallest absolute Gasteiger partial charge is 0.247 e. The number of hydrogen-bond acceptors (Lipinski definition) is 11. The van der Waals surface area contributed by atoms with Gasteiger partial charge in [-0.15, -0.1) is 0 Å². The van der Waals surface area contributed by atoms with E-state index >= 15 is 4.79 Å². The molecule has 4 N–H and O–H groups in total. The van der Waals surface area contributed by atoms with Crippen molar-refractivity contribution in [1.82, 2.24) is 39.9 Å². The summed E-state index contributed by atoms with van der Waals surface area (Å²) in [6.07, 6.45) is 3.48. The number of aromatic nitrogens is 3. The number of likely N-dealkylation sites (N-methyl/N-ethyl adjacent to an activating group) is 1. The Balaban J connectivity index is 1.22. The van der Waals surface area contributed by atoms with E-state index in [1.807, 2.05) is 92.6 Å². The maximum atomic E-state index is 15.3. The van der Waals surface area contributed by atoms with Crippen molar-refractivity contribution in [3.63, 3.8) is 0 Å². The summed E-state index contributed by atoms with van der Waals surface area (Å²) in [4.78, 5) is 58.9. The van der Waals surface area contributed by atoms with Crippen LogP contribution in [0.2, 0.25) is 28.2 Å². The molecule has 0 spiro atoms. The SMILES string of the molecule is C[C@H](NCc1ccc(Cl)cc1Oc1ccc(-c2cnc(CN(C)C)n2C)nc1)C(=O)N[C@@H](CO[Si](C)(C)C(C)(C)C)C(=O)N(C)[C@@]1(Cc2ccc(Cl)cc2)CCCN(C(=O)[C@H](Cc2ccccc2)CC(O)O)C1. The normalized spacial score (nSPS) is 16.6. The number of carbonyl (C=O) groups excluding carboxylic acids is 3. The minimum Gasteiger partial charge on any atom is -0.455 e. The number of rotatable bonds is 22. The highest BCUT2D eigenvalue weighted by molar-refractivity contribution is 6.74. The van der Waals surface area contributed by atoms with Gasteiger partial charge in [-0.1, -0.05) is 92.5 Å². The molecule has 0 saturated carbocycles. The predicted molar refractivity (Wildman–Crippen MR) is 290 cm³/mol. The van der Waals surface area contributed by atoms with Gasteiger partial charge in [-0.3, -0.25) is 19.4 Å². The number of pyridine rings is 1. The van der Waals surface area contributed by atoms with E-state index in [0.29, 0.717) is 60.3 Å². The Morgan fingerprint density at radius 1 is 0.918 bits per heavy atom. The second-order valence-corrected chi connectivity index (χ2v) is 26.9. The first-order valence-electron chi connectivity index (χ1n) is 24.9. The monoisotopic (exact) mass is 1060 g/mol. The van der Waals surface area contributed by atoms with Gasteiger partial charge in [-0.2, -0.15) is 0 Å². The highest BCUT2D eigenvalue weighted by Crippen LogP contribution is 2.38. The van der Waals surface area contributed by atoms with E-state index < -0.39 is 44.1 Å². The zero-order valence-electron chi connectivity index (χ0n) is 44.0. The maximum Gasteiger partial charge on any atom is 0.247 e. The van der Waals surface area contributed by atoms with Gasteiger partial charge >= 0.3 is 0 Å². The van der Waals surface area contributed by atoms with Gasteiger partial charge in [0.2, 0.25) is 17.7 Å². The van der Waals surface area contributed by atoms with Crippen molar-refractivity contribution in [1.29, 1.82) is 0 Å². The fourth-order valence-corrected chi connectivity index (χ4v) is 10.2. The molecule has 4 atom stereocenters. The largest absolute Gasteiger partial charge is 0.455 e. The predicted octanol–water partition coefficient (Wildman–Crippen LogP) is 8.25. The average Bonchev–Trinajstić information content (AvgIpc) is 3.70. The third kappa shape index (κ3) is 15.2. The van der Waals surface area contributed by atoms with Crippen molar-refractivity contribution < 1.29 is 33.8 Å². The summed E-state index contributed by atoms with van der Waals surface area (Å²) >= 11 is 12.8. The summed E-state index contributed by atoms with van der Waals surface area (Å²) in [5, 5.41) is 27.5. The molecule has 3 heterocycles. The van der Waals surface area contributed by atoms with Crippen LogP contribution >= 0.6 is 23.2 Å². The number of nitrogens with one attached hydrogen (secondary N) is 2. The van der Waals surface area contributed by atoms with Gasteiger partial charge < -0.3 is 49.3 Å². The Morgan fingerprint density at radius 2 is 1.62 bits per heavy atom. The van der Waals surface area contributed by atoms with Crippen molar-refractivity contribution in [3.8, 4) is 22.9 Å². The molecule has 1 aliphatic rings. The third-order valence-electron chi connectivity index (χ3n) is 14.3. The third-order valence-corrected chi connectivity index (χ3v) is 19.3. The number of halogens is 2. The molecule has 2 aromatic heterocycles. The summed E-state index contributed by atoms with van der Waals surface area (Å²) in [7, 11) is 5.25. The Hall–Kier alpha value is -5.17. The summed E-state index contributed by atoms with van der Waals surface area (Å²) < 4.78 is 15.1. The van der Waals surface area contributed by atoms with Gasteiger partial charge in [-0.25, -0.2) is 4.98 Å². The number of likely N-dealkylation sites (tertiary alicyclic amines) is 1. The van der Waals surface area contributed by atoms with Gasteiger partial charge in [0, 0.05) is 61.7 Å². The Labute approximate surface area is 442 Å². The van der Waals surface area contributed by atoms with Gasteiger partial charge in [-0.05, 0) is 112 Å². The van der Waals surface area contributed by atoms with Crippen molar-refractivity contribution >= 4 is 49.2 Å². The molecule has 5 aromatic rings. The molecule has 1 saturated heterocycles. The van der Waals surface area contributed by atoms with Crippen LogP contribution < -0.4 is 15.4 Å². The van der Waals surface area contributed by atoms with Crippen LogP contribution in [0, 0.1) is 5.92 Å². The summed E-state index contributed by atoms with van der Waals surface area (Å²) in [6.45, 7) is 13.8. The van der Waals surface area contributed by atoms with Gasteiger partial charge in [0.25, 0.3) is 0 Å². The Kier molecular flexibility index (Phi) is 19.5. The lowest BCUT2D eigenvalue weighted by molar-refractivity contribution is -0.150. The molecule has 1 fully saturated rings. The number of benzene rings is 3. The zero-order chi connectivity index (χ0) is 53.3. The maximum absolute atomic E-state index is 15.3.